The Balaban J connectivity index is 2.90. The van der Waals surface area contributed by atoms with E-state index < -0.39 is 17.5 Å². The molecule has 0 heterocycles. The second kappa shape index (κ2) is 4.13. The fourth-order valence-electron chi connectivity index (χ4n) is 0.869. The molecule has 0 amide bonds. The van der Waals surface area contributed by atoms with Gasteiger partial charge in [0.2, 0.25) is 0 Å². The van der Waals surface area contributed by atoms with Gasteiger partial charge in [0.15, 0.2) is 17.5 Å². The highest BCUT2D eigenvalue weighted by molar-refractivity contribution is 5.45. The molecule has 3 N–H and O–H groups in total. The summed E-state index contributed by atoms with van der Waals surface area (Å²) in [5, 5.41) is 2.52. The zero-order valence-corrected chi connectivity index (χ0v) is 6.78. The first-order valence-corrected chi connectivity index (χ1v) is 3.74. The predicted molar refractivity (Wildman–Crippen MR) is 43.9 cm³/mol. The number of benzene rings is 1. The van der Waals surface area contributed by atoms with E-state index in [2.05, 4.69) is 5.32 Å². The van der Waals surface area contributed by atoms with Crippen molar-refractivity contribution in [2.45, 2.75) is 0 Å². The van der Waals surface area contributed by atoms with Crippen LogP contribution in [0.4, 0.5) is 18.9 Å². The number of nitrogens with two attached hydrogens (primary N) is 1. The summed E-state index contributed by atoms with van der Waals surface area (Å²) in [6.45, 7) is 0.598. The van der Waals surface area contributed by atoms with Gasteiger partial charge < -0.3 is 11.1 Å². The van der Waals surface area contributed by atoms with Crippen molar-refractivity contribution in [3.63, 3.8) is 0 Å². The van der Waals surface area contributed by atoms with Crippen LogP contribution in [0.2, 0.25) is 0 Å². The summed E-state index contributed by atoms with van der Waals surface area (Å²) < 4.78 is 37.9. The van der Waals surface area contributed by atoms with E-state index >= 15 is 0 Å². The molecule has 72 valence electrons. The van der Waals surface area contributed by atoms with Gasteiger partial charge >= 0.3 is 0 Å². The molecule has 0 aliphatic rings. The maximum atomic E-state index is 12.9. The first kappa shape index (κ1) is 9.85. The Bertz CT molecular complexity index is 302. The fourth-order valence-corrected chi connectivity index (χ4v) is 0.869. The Kier molecular flexibility index (Phi) is 3.13. The number of nitrogens with one attached hydrogen (secondary N) is 1. The Morgan fingerprint density at radius 2 is 1.85 bits per heavy atom. The molecule has 1 aromatic carbocycles. The van der Waals surface area contributed by atoms with E-state index in [9.17, 15) is 13.2 Å². The van der Waals surface area contributed by atoms with Gasteiger partial charge in [0.05, 0.1) is 5.69 Å². The molecule has 1 rings (SSSR count). The van der Waals surface area contributed by atoms with Gasteiger partial charge in [-0.2, -0.15) is 0 Å². The van der Waals surface area contributed by atoms with E-state index in [0.717, 1.165) is 12.1 Å². The Hall–Kier alpha value is -1.23. The molecule has 0 spiro atoms. The molecule has 0 saturated heterocycles. The maximum Gasteiger partial charge on any atom is 0.196 e. The highest BCUT2D eigenvalue weighted by atomic mass is 19.2. The van der Waals surface area contributed by atoms with Gasteiger partial charge in [-0.25, -0.2) is 13.2 Å². The van der Waals surface area contributed by atoms with Crippen molar-refractivity contribution in [1.82, 2.24) is 0 Å². The zero-order chi connectivity index (χ0) is 9.84. The van der Waals surface area contributed by atoms with Crippen LogP contribution in [0.1, 0.15) is 0 Å². The minimum Gasteiger partial charge on any atom is -0.381 e. The highest BCUT2D eigenvalue weighted by Crippen LogP contribution is 2.18. The molecule has 0 aromatic heterocycles. The number of rotatable bonds is 3. The molecule has 0 saturated carbocycles. The number of hydrogen-bond donors (Lipinski definition) is 2. The molecule has 0 aliphatic carbocycles. The Morgan fingerprint density at radius 1 is 1.15 bits per heavy atom. The van der Waals surface area contributed by atoms with Crippen molar-refractivity contribution >= 4 is 5.69 Å². The van der Waals surface area contributed by atoms with Gasteiger partial charge in [0, 0.05) is 13.1 Å². The molecular formula is C8H9F3N2. The molecule has 0 fully saturated rings. The molecule has 0 atom stereocenters. The summed E-state index contributed by atoms with van der Waals surface area (Å²) in [5.41, 5.74) is 5.06. The average Bonchev–Trinajstić information content (AvgIpc) is 2.13. The van der Waals surface area contributed by atoms with Crippen LogP contribution < -0.4 is 11.1 Å². The molecule has 5 heteroatoms. The Labute approximate surface area is 73.5 Å². The van der Waals surface area contributed by atoms with Gasteiger partial charge in [-0.05, 0) is 12.1 Å². The van der Waals surface area contributed by atoms with Crippen molar-refractivity contribution in [2.75, 3.05) is 18.4 Å². The first-order valence-electron chi connectivity index (χ1n) is 3.74. The largest absolute Gasteiger partial charge is 0.381 e. The van der Waals surface area contributed by atoms with Crippen LogP contribution in [0.25, 0.3) is 0 Å². The van der Waals surface area contributed by atoms with Gasteiger partial charge in [0.1, 0.15) is 0 Å². The quantitative estimate of drug-likeness (QED) is 0.708. The SMILES string of the molecule is NCCNc1ccc(F)c(F)c1F. The fraction of sp³-hybridized carbons (Fsp3) is 0.250. The van der Waals surface area contributed by atoms with Crippen molar-refractivity contribution in [3.05, 3.63) is 29.6 Å². The molecule has 2 nitrogen and oxygen atoms in total. The summed E-state index contributed by atoms with van der Waals surface area (Å²) in [7, 11) is 0. The van der Waals surface area contributed by atoms with E-state index in [1.165, 1.54) is 0 Å². The Morgan fingerprint density at radius 3 is 2.46 bits per heavy atom. The lowest BCUT2D eigenvalue weighted by Gasteiger charge is -2.06. The van der Waals surface area contributed by atoms with Gasteiger partial charge in [-0.3, -0.25) is 0 Å². The standard InChI is InChI=1S/C8H9F3N2/c9-5-1-2-6(13-4-3-12)8(11)7(5)10/h1-2,13H,3-4,12H2. The van der Waals surface area contributed by atoms with Crippen LogP contribution in [0, 0.1) is 17.5 Å². The lowest BCUT2D eigenvalue weighted by Crippen LogP contribution is -2.14. The minimum absolute atomic E-state index is 0.0793. The van der Waals surface area contributed by atoms with E-state index in [4.69, 9.17) is 5.73 Å². The van der Waals surface area contributed by atoms with Crippen molar-refractivity contribution in [2.24, 2.45) is 5.73 Å². The molecule has 0 aliphatic heterocycles. The van der Waals surface area contributed by atoms with E-state index in [1.807, 2.05) is 0 Å². The van der Waals surface area contributed by atoms with Crippen LogP contribution in [0.5, 0.6) is 0 Å². The number of halogens is 3. The third-order valence-corrected chi connectivity index (χ3v) is 1.49. The second-order valence-electron chi connectivity index (χ2n) is 2.44. The van der Waals surface area contributed by atoms with Crippen LogP contribution in [0.3, 0.4) is 0 Å². The van der Waals surface area contributed by atoms with Crippen molar-refractivity contribution in [3.8, 4) is 0 Å². The van der Waals surface area contributed by atoms with Crippen LogP contribution in [-0.4, -0.2) is 13.1 Å². The topological polar surface area (TPSA) is 38.0 Å². The highest BCUT2D eigenvalue weighted by Gasteiger charge is 2.12. The third-order valence-electron chi connectivity index (χ3n) is 1.49. The summed E-state index contributed by atoms with van der Waals surface area (Å²) >= 11 is 0. The molecular weight excluding hydrogens is 181 g/mol. The lowest BCUT2D eigenvalue weighted by atomic mass is 10.3. The van der Waals surface area contributed by atoms with E-state index in [1.54, 1.807) is 0 Å². The summed E-state index contributed by atoms with van der Waals surface area (Å²) in [4.78, 5) is 0. The average molecular weight is 190 g/mol. The van der Waals surface area contributed by atoms with Crippen LogP contribution in [-0.2, 0) is 0 Å². The zero-order valence-electron chi connectivity index (χ0n) is 6.78. The molecule has 1 aromatic rings. The smallest absolute Gasteiger partial charge is 0.196 e. The molecule has 0 bridgehead atoms. The number of hydrogen-bond acceptors (Lipinski definition) is 2. The first-order chi connectivity index (χ1) is 6.16. The van der Waals surface area contributed by atoms with Crippen LogP contribution >= 0.6 is 0 Å². The summed E-state index contributed by atoms with van der Waals surface area (Å²) in [5.74, 6) is -3.88. The minimum atomic E-state index is -1.47. The molecule has 13 heavy (non-hydrogen) atoms. The van der Waals surface area contributed by atoms with Crippen LogP contribution in [0.15, 0.2) is 12.1 Å². The predicted octanol–water partition coefficient (Wildman–Crippen LogP) is 1.47. The normalized spacial score (nSPS) is 10.2. The molecule has 0 radical (unpaired) electrons. The summed E-state index contributed by atoms with van der Waals surface area (Å²) in [6, 6.07) is 1.99. The third kappa shape index (κ3) is 2.12. The monoisotopic (exact) mass is 190 g/mol. The van der Waals surface area contributed by atoms with Crippen molar-refractivity contribution in [1.29, 1.82) is 0 Å². The van der Waals surface area contributed by atoms with Gasteiger partial charge in [-0.15, -0.1) is 0 Å². The van der Waals surface area contributed by atoms with E-state index in [0.29, 0.717) is 13.1 Å². The van der Waals surface area contributed by atoms with Crippen molar-refractivity contribution < 1.29 is 13.2 Å². The second-order valence-corrected chi connectivity index (χ2v) is 2.44. The van der Waals surface area contributed by atoms with Gasteiger partial charge in [-0.1, -0.05) is 0 Å². The molecule has 0 unspecified atom stereocenters. The van der Waals surface area contributed by atoms with E-state index in [-0.39, 0.29) is 5.69 Å². The maximum absolute atomic E-state index is 12.9. The number of anilines is 1. The summed E-state index contributed by atoms with van der Waals surface area (Å²) in [6.07, 6.45) is 0. The lowest BCUT2D eigenvalue weighted by molar-refractivity contribution is 0.449. The van der Waals surface area contributed by atoms with Gasteiger partial charge in [0.25, 0.3) is 0 Å².